The standard InChI is InChI=1S/C33H40N2O3/c36-32-19-18-29-30(35(32)23-8-7-13-27-11-3-1-4-12-27)16-9-17-31(29)38-26-10-22-34-24-20-33(37,21-25-34)28-14-5-2-6-15-28/h1-6,9,11-12,14-17,37H,7-8,10,13,18-26H2. The molecule has 0 aliphatic carbocycles. The molecule has 5 nitrogen and oxygen atoms in total. The van der Waals surface area contributed by atoms with Crippen LogP contribution in [-0.2, 0) is 23.2 Å². The van der Waals surface area contributed by atoms with Crippen molar-refractivity contribution >= 4 is 11.6 Å². The van der Waals surface area contributed by atoms with Gasteiger partial charge in [0.1, 0.15) is 5.75 Å². The number of fused-ring (bicyclic) bond motifs is 1. The number of aryl methyl sites for hydroxylation is 1. The molecule has 2 aliphatic rings. The van der Waals surface area contributed by atoms with E-state index in [0.717, 1.165) is 88.1 Å². The fourth-order valence-corrected chi connectivity index (χ4v) is 5.84. The maximum absolute atomic E-state index is 12.8. The van der Waals surface area contributed by atoms with Crippen molar-refractivity contribution in [3.05, 3.63) is 95.6 Å². The number of ether oxygens (including phenoxy) is 1. The van der Waals surface area contributed by atoms with Gasteiger partial charge >= 0.3 is 0 Å². The normalized spacial score (nSPS) is 17.3. The van der Waals surface area contributed by atoms with Crippen molar-refractivity contribution in [3.8, 4) is 5.75 Å². The molecule has 0 atom stereocenters. The van der Waals surface area contributed by atoms with Gasteiger partial charge < -0.3 is 19.6 Å². The van der Waals surface area contributed by atoms with Gasteiger partial charge in [-0.25, -0.2) is 0 Å². The Hall–Kier alpha value is -3.15. The number of unbranched alkanes of at least 4 members (excludes halogenated alkanes) is 1. The molecule has 0 spiro atoms. The van der Waals surface area contributed by atoms with Crippen LogP contribution in [0.2, 0.25) is 0 Å². The number of benzene rings is 3. The van der Waals surface area contributed by atoms with Gasteiger partial charge in [0.15, 0.2) is 0 Å². The number of carbonyl (C=O) groups is 1. The SMILES string of the molecule is O=C1CCc2c(OCCCN3CCC(O)(c4ccccc4)CC3)cccc2N1CCCCc1ccccc1. The van der Waals surface area contributed by atoms with Gasteiger partial charge in [-0.3, -0.25) is 4.79 Å². The highest BCUT2D eigenvalue weighted by Crippen LogP contribution is 2.35. The van der Waals surface area contributed by atoms with Crippen LogP contribution in [0.15, 0.2) is 78.9 Å². The summed E-state index contributed by atoms with van der Waals surface area (Å²) in [5.74, 6) is 1.14. The van der Waals surface area contributed by atoms with Crippen molar-refractivity contribution in [2.75, 3.05) is 37.7 Å². The molecule has 1 fully saturated rings. The number of nitrogens with zero attached hydrogens (tertiary/aromatic N) is 2. The number of likely N-dealkylation sites (tertiary alicyclic amines) is 1. The molecule has 3 aromatic carbocycles. The molecule has 38 heavy (non-hydrogen) atoms. The average Bonchev–Trinajstić information content (AvgIpc) is 2.96. The molecule has 0 saturated carbocycles. The summed E-state index contributed by atoms with van der Waals surface area (Å²) < 4.78 is 6.26. The fourth-order valence-electron chi connectivity index (χ4n) is 5.84. The molecule has 0 radical (unpaired) electrons. The van der Waals surface area contributed by atoms with Crippen LogP contribution in [0, 0.1) is 0 Å². The van der Waals surface area contributed by atoms with Crippen molar-refractivity contribution in [2.45, 2.75) is 57.0 Å². The second kappa shape index (κ2) is 12.6. The van der Waals surface area contributed by atoms with Crippen LogP contribution in [-0.4, -0.2) is 48.7 Å². The van der Waals surface area contributed by atoms with Crippen molar-refractivity contribution in [2.24, 2.45) is 0 Å². The Balaban J connectivity index is 1.08. The van der Waals surface area contributed by atoms with Gasteiger partial charge in [-0.2, -0.15) is 0 Å². The lowest BCUT2D eigenvalue weighted by Gasteiger charge is -2.38. The first-order valence-corrected chi connectivity index (χ1v) is 14.2. The Morgan fingerprint density at radius 1 is 0.789 bits per heavy atom. The minimum atomic E-state index is -0.706. The summed E-state index contributed by atoms with van der Waals surface area (Å²) in [6.45, 7) is 4.17. The lowest BCUT2D eigenvalue weighted by Crippen LogP contribution is -2.43. The smallest absolute Gasteiger partial charge is 0.227 e. The highest BCUT2D eigenvalue weighted by molar-refractivity contribution is 5.96. The third kappa shape index (κ3) is 6.46. The van der Waals surface area contributed by atoms with Gasteiger partial charge in [0.2, 0.25) is 5.91 Å². The molecule has 5 rings (SSSR count). The summed E-state index contributed by atoms with van der Waals surface area (Å²) in [4.78, 5) is 17.2. The minimum absolute atomic E-state index is 0.218. The zero-order valence-electron chi connectivity index (χ0n) is 22.4. The molecular formula is C33H40N2O3. The van der Waals surface area contributed by atoms with E-state index in [-0.39, 0.29) is 5.91 Å². The molecule has 3 aromatic rings. The van der Waals surface area contributed by atoms with Crippen LogP contribution in [0.25, 0.3) is 0 Å². The molecule has 1 saturated heterocycles. The van der Waals surface area contributed by atoms with Gasteiger partial charge in [-0.05, 0) is 68.2 Å². The van der Waals surface area contributed by atoms with Crippen LogP contribution < -0.4 is 9.64 Å². The van der Waals surface area contributed by atoms with Gasteiger partial charge in [0.25, 0.3) is 0 Å². The number of anilines is 1. The highest BCUT2D eigenvalue weighted by Gasteiger charge is 2.33. The summed E-state index contributed by atoms with van der Waals surface area (Å²) in [5, 5.41) is 11.1. The molecule has 200 valence electrons. The van der Waals surface area contributed by atoms with E-state index in [2.05, 4.69) is 35.2 Å². The maximum Gasteiger partial charge on any atom is 0.227 e. The van der Waals surface area contributed by atoms with E-state index in [1.807, 2.05) is 53.4 Å². The third-order valence-electron chi connectivity index (χ3n) is 8.10. The lowest BCUT2D eigenvalue weighted by atomic mass is 9.84. The number of hydrogen-bond acceptors (Lipinski definition) is 4. The van der Waals surface area contributed by atoms with Gasteiger partial charge in [-0.1, -0.05) is 66.7 Å². The molecule has 5 heteroatoms. The van der Waals surface area contributed by atoms with E-state index in [0.29, 0.717) is 13.0 Å². The second-order valence-corrected chi connectivity index (χ2v) is 10.7. The third-order valence-corrected chi connectivity index (χ3v) is 8.10. The van der Waals surface area contributed by atoms with Crippen LogP contribution in [0.5, 0.6) is 5.75 Å². The Kier molecular flexibility index (Phi) is 8.77. The van der Waals surface area contributed by atoms with Crippen LogP contribution >= 0.6 is 0 Å². The first kappa shape index (κ1) is 26.5. The van der Waals surface area contributed by atoms with E-state index in [1.165, 1.54) is 11.1 Å². The molecule has 0 aromatic heterocycles. The number of amides is 1. The second-order valence-electron chi connectivity index (χ2n) is 10.7. The van der Waals surface area contributed by atoms with Crippen molar-refractivity contribution in [1.82, 2.24) is 4.90 Å². The molecule has 2 aliphatic heterocycles. The zero-order chi connectivity index (χ0) is 26.2. The van der Waals surface area contributed by atoms with Crippen molar-refractivity contribution in [3.63, 3.8) is 0 Å². The number of carbonyl (C=O) groups excluding carboxylic acids is 1. The van der Waals surface area contributed by atoms with E-state index in [4.69, 9.17) is 4.74 Å². The highest BCUT2D eigenvalue weighted by atomic mass is 16.5. The molecule has 1 N–H and O–H groups in total. The topological polar surface area (TPSA) is 53.0 Å². The van der Waals surface area contributed by atoms with Crippen molar-refractivity contribution in [1.29, 1.82) is 0 Å². The maximum atomic E-state index is 12.8. The van der Waals surface area contributed by atoms with Gasteiger partial charge in [0, 0.05) is 38.2 Å². The summed E-state index contributed by atoms with van der Waals surface area (Å²) in [7, 11) is 0. The van der Waals surface area contributed by atoms with Crippen molar-refractivity contribution < 1.29 is 14.6 Å². The minimum Gasteiger partial charge on any atom is -0.493 e. The molecule has 2 heterocycles. The Bertz CT molecular complexity index is 1170. The fraction of sp³-hybridized carbons (Fsp3) is 0.424. The summed E-state index contributed by atoms with van der Waals surface area (Å²) >= 11 is 0. The average molecular weight is 513 g/mol. The van der Waals surface area contributed by atoms with Crippen LogP contribution in [0.3, 0.4) is 0 Å². The van der Waals surface area contributed by atoms with E-state index in [9.17, 15) is 9.90 Å². The van der Waals surface area contributed by atoms with E-state index in [1.54, 1.807) is 0 Å². The first-order chi connectivity index (χ1) is 18.6. The van der Waals surface area contributed by atoms with Crippen LogP contribution in [0.1, 0.15) is 55.2 Å². The zero-order valence-corrected chi connectivity index (χ0v) is 22.4. The molecule has 0 unspecified atom stereocenters. The predicted octanol–water partition coefficient (Wildman–Crippen LogP) is 5.74. The Labute approximate surface area is 227 Å². The monoisotopic (exact) mass is 512 g/mol. The summed E-state index contributed by atoms with van der Waals surface area (Å²) in [6.07, 6.45) is 6.85. The van der Waals surface area contributed by atoms with E-state index >= 15 is 0 Å². The summed E-state index contributed by atoms with van der Waals surface area (Å²) in [6, 6.07) is 26.7. The quantitative estimate of drug-likeness (QED) is 0.333. The predicted molar refractivity (Wildman–Crippen MR) is 153 cm³/mol. The Morgan fingerprint density at radius 2 is 1.53 bits per heavy atom. The van der Waals surface area contributed by atoms with Gasteiger partial charge in [0.05, 0.1) is 17.9 Å². The van der Waals surface area contributed by atoms with Gasteiger partial charge in [-0.15, -0.1) is 0 Å². The molecule has 0 bridgehead atoms. The summed E-state index contributed by atoms with van der Waals surface area (Å²) in [5.41, 5.74) is 3.86. The lowest BCUT2D eigenvalue weighted by molar-refractivity contribution is -0.118. The number of rotatable bonds is 11. The largest absolute Gasteiger partial charge is 0.493 e. The molecule has 1 amide bonds. The number of piperidine rings is 1. The Morgan fingerprint density at radius 3 is 2.29 bits per heavy atom. The molecular weight excluding hydrogens is 472 g/mol. The number of hydrogen-bond donors (Lipinski definition) is 1. The van der Waals surface area contributed by atoms with E-state index < -0.39 is 5.60 Å². The first-order valence-electron chi connectivity index (χ1n) is 14.2. The van der Waals surface area contributed by atoms with Crippen LogP contribution in [0.4, 0.5) is 5.69 Å². The number of aliphatic hydroxyl groups is 1.